The first kappa shape index (κ1) is 27.5. The molecule has 190 valence electrons. The van der Waals surface area contributed by atoms with Crippen LogP contribution >= 0.6 is 23.2 Å². The summed E-state index contributed by atoms with van der Waals surface area (Å²) in [5.41, 5.74) is 0.842. The molecule has 35 heavy (non-hydrogen) atoms. The van der Waals surface area contributed by atoms with E-state index in [9.17, 15) is 19.8 Å². The van der Waals surface area contributed by atoms with E-state index in [0.717, 1.165) is 11.1 Å². The SMILES string of the molecule is CCC(COCC(C)(C)O)N1C(=O)[C@@H](CC(=O)O)C[C@H](c2cccc(Cl)c2)[C@H]1c1ccc(Cl)cc1. The number of amides is 1. The summed E-state index contributed by atoms with van der Waals surface area (Å²) in [6, 6.07) is 14.2. The minimum Gasteiger partial charge on any atom is -0.481 e. The van der Waals surface area contributed by atoms with Crippen LogP contribution in [0.4, 0.5) is 0 Å². The van der Waals surface area contributed by atoms with E-state index in [4.69, 9.17) is 27.9 Å². The van der Waals surface area contributed by atoms with Gasteiger partial charge in [0.2, 0.25) is 5.91 Å². The second-order valence-electron chi connectivity index (χ2n) is 9.82. The second kappa shape index (κ2) is 11.7. The molecule has 0 radical (unpaired) electrons. The molecule has 1 fully saturated rings. The molecule has 0 aromatic heterocycles. The third-order valence-electron chi connectivity index (χ3n) is 6.36. The molecule has 3 rings (SSSR count). The highest BCUT2D eigenvalue weighted by atomic mass is 35.5. The van der Waals surface area contributed by atoms with Gasteiger partial charge in [-0.1, -0.05) is 54.4 Å². The molecule has 8 heteroatoms. The van der Waals surface area contributed by atoms with E-state index in [0.29, 0.717) is 22.9 Å². The highest BCUT2D eigenvalue weighted by Gasteiger charge is 2.46. The molecule has 0 aliphatic carbocycles. The van der Waals surface area contributed by atoms with Crippen LogP contribution < -0.4 is 0 Å². The van der Waals surface area contributed by atoms with Crippen molar-refractivity contribution in [2.45, 2.75) is 63.6 Å². The zero-order chi connectivity index (χ0) is 25.8. The van der Waals surface area contributed by atoms with Gasteiger partial charge in [-0.2, -0.15) is 0 Å². The number of hydrogen-bond acceptors (Lipinski definition) is 4. The van der Waals surface area contributed by atoms with Crippen LogP contribution in [0.3, 0.4) is 0 Å². The zero-order valence-corrected chi connectivity index (χ0v) is 21.8. The van der Waals surface area contributed by atoms with Gasteiger partial charge >= 0.3 is 5.97 Å². The molecule has 0 bridgehead atoms. The molecule has 0 saturated carbocycles. The van der Waals surface area contributed by atoms with E-state index < -0.39 is 17.5 Å². The summed E-state index contributed by atoms with van der Waals surface area (Å²) < 4.78 is 5.83. The Hall–Kier alpha value is -2.12. The number of halogens is 2. The van der Waals surface area contributed by atoms with Crippen molar-refractivity contribution in [3.8, 4) is 0 Å². The summed E-state index contributed by atoms with van der Waals surface area (Å²) in [5.74, 6) is -2.07. The Balaban J connectivity index is 2.09. The van der Waals surface area contributed by atoms with Crippen molar-refractivity contribution < 1.29 is 24.5 Å². The lowest BCUT2D eigenvalue weighted by Gasteiger charge is -2.48. The Morgan fingerprint density at radius 3 is 2.40 bits per heavy atom. The van der Waals surface area contributed by atoms with Gasteiger partial charge in [-0.25, -0.2) is 0 Å². The van der Waals surface area contributed by atoms with Gasteiger partial charge in [0.15, 0.2) is 0 Å². The van der Waals surface area contributed by atoms with Crippen LogP contribution in [0.1, 0.15) is 63.1 Å². The zero-order valence-electron chi connectivity index (χ0n) is 20.3. The number of aliphatic hydroxyl groups is 1. The number of carbonyl (C=O) groups is 2. The molecule has 1 aliphatic rings. The molecular formula is C27H33Cl2NO5. The van der Waals surface area contributed by atoms with Gasteiger partial charge in [0.05, 0.1) is 37.3 Å². The molecule has 1 unspecified atom stereocenters. The Labute approximate surface area is 216 Å². The van der Waals surface area contributed by atoms with Crippen LogP contribution in [0, 0.1) is 5.92 Å². The van der Waals surface area contributed by atoms with Gasteiger partial charge < -0.3 is 19.8 Å². The third kappa shape index (κ3) is 7.20. The van der Waals surface area contributed by atoms with E-state index in [1.807, 2.05) is 37.3 Å². The van der Waals surface area contributed by atoms with Crippen molar-refractivity contribution in [2.75, 3.05) is 13.2 Å². The van der Waals surface area contributed by atoms with Crippen molar-refractivity contribution in [3.63, 3.8) is 0 Å². The van der Waals surface area contributed by atoms with Crippen LogP contribution in [0.15, 0.2) is 48.5 Å². The van der Waals surface area contributed by atoms with E-state index in [1.54, 1.807) is 36.9 Å². The molecule has 2 aromatic rings. The van der Waals surface area contributed by atoms with Crippen LogP contribution in [0.2, 0.25) is 10.0 Å². The number of carbonyl (C=O) groups excluding carboxylic acids is 1. The Bertz CT molecular complexity index is 1020. The van der Waals surface area contributed by atoms with Gasteiger partial charge in [-0.3, -0.25) is 9.59 Å². The number of carboxylic acids is 1. The van der Waals surface area contributed by atoms with Gasteiger partial charge in [0.1, 0.15) is 0 Å². The van der Waals surface area contributed by atoms with Gasteiger partial charge in [-0.15, -0.1) is 0 Å². The molecule has 1 heterocycles. The molecule has 2 N–H and O–H groups in total. The standard InChI is InChI=1S/C27H33Cl2NO5/c1-4-22(15-35-16-27(2,3)34)30-25(17-8-10-20(28)11-9-17)23(18-6-5-7-21(29)12-18)13-19(26(30)33)14-24(31)32/h5-12,19,22-23,25,34H,4,13-16H2,1-3H3,(H,31,32)/t19-,22?,23-,25-/m1/s1. The van der Waals surface area contributed by atoms with E-state index in [-0.39, 0.29) is 43.5 Å². The third-order valence-corrected chi connectivity index (χ3v) is 6.85. The van der Waals surface area contributed by atoms with Crippen molar-refractivity contribution in [1.82, 2.24) is 4.90 Å². The smallest absolute Gasteiger partial charge is 0.304 e. The molecular weight excluding hydrogens is 489 g/mol. The lowest BCUT2D eigenvalue weighted by molar-refractivity contribution is -0.154. The van der Waals surface area contributed by atoms with Gasteiger partial charge in [-0.05, 0) is 62.1 Å². The normalized spacial score (nSPS) is 21.7. The number of aliphatic carboxylic acids is 1. The largest absolute Gasteiger partial charge is 0.481 e. The lowest BCUT2D eigenvalue weighted by Crippen LogP contribution is -2.53. The maximum absolute atomic E-state index is 13.8. The lowest BCUT2D eigenvalue weighted by atomic mass is 9.74. The minimum absolute atomic E-state index is 0.118. The topological polar surface area (TPSA) is 87.1 Å². The van der Waals surface area contributed by atoms with Crippen molar-refractivity contribution >= 4 is 35.1 Å². The summed E-state index contributed by atoms with van der Waals surface area (Å²) >= 11 is 12.5. The molecule has 6 nitrogen and oxygen atoms in total. The summed E-state index contributed by atoms with van der Waals surface area (Å²) in [7, 11) is 0. The summed E-state index contributed by atoms with van der Waals surface area (Å²) in [6.07, 6.45) is 0.737. The number of piperidine rings is 1. The van der Waals surface area contributed by atoms with Crippen molar-refractivity contribution in [2.24, 2.45) is 5.92 Å². The fraction of sp³-hybridized carbons (Fsp3) is 0.481. The number of nitrogens with zero attached hydrogens (tertiary/aromatic N) is 1. The average Bonchev–Trinajstić information content (AvgIpc) is 2.78. The summed E-state index contributed by atoms with van der Waals surface area (Å²) in [5, 5.41) is 20.8. The first-order valence-electron chi connectivity index (χ1n) is 11.8. The maximum atomic E-state index is 13.8. The predicted octanol–water partition coefficient (Wildman–Crippen LogP) is 5.71. The first-order valence-corrected chi connectivity index (χ1v) is 12.6. The molecule has 1 amide bonds. The van der Waals surface area contributed by atoms with E-state index in [2.05, 4.69) is 0 Å². The van der Waals surface area contributed by atoms with Gasteiger partial charge in [0, 0.05) is 21.9 Å². The molecule has 1 aliphatic heterocycles. The average molecular weight is 522 g/mol. The van der Waals surface area contributed by atoms with E-state index in [1.165, 1.54) is 0 Å². The number of ether oxygens (including phenoxy) is 1. The van der Waals surface area contributed by atoms with Crippen LogP contribution in [-0.2, 0) is 14.3 Å². The molecule has 2 aromatic carbocycles. The second-order valence-corrected chi connectivity index (χ2v) is 10.7. The van der Waals surface area contributed by atoms with Crippen LogP contribution in [0.5, 0.6) is 0 Å². The number of likely N-dealkylation sites (tertiary alicyclic amines) is 1. The van der Waals surface area contributed by atoms with Gasteiger partial charge in [0.25, 0.3) is 0 Å². The Morgan fingerprint density at radius 1 is 1.14 bits per heavy atom. The van der Waals surface area contributed by atoms with Crippen LogP contribution in [0.25, 0.3) is 0 Å². The van der Waals surface area contributed by atoms with Crippen molar-refractivity contribution in [3.05, 3.63) is 69.7 Å². The molecule has 0 spiro atoms. The Kier molecular flexibility index (Phi) is 9.22. The quantitative estimate of drug-likeness (QED) is 0.418. The number of rotatable bonds is 10. The Morgan fingerprint density at radius 2 is 1.83 bits per heavy atom. The predicted molar refractivity (Wildman–Crippen MR) is 137 cm³/mol. The monoisotopic (exact) mass is 521 g/mol. The summed E-state index contributed by atoms with van der Waals surface area (Å²) in [6.45, 7) is 5.63. The fourth-order valence-corrected chi connectivity index (χ4v) is 5.14. The highest BCUT2D eigenvalue weighted by molar-refractivity contribution is 6.30. The van der Waals surface area contributed by atoms with E-state index >= 15 is 0 Å². The molecule has 4 atom stereocenters. The van der Waals surface area contributed by atoms with Crippen LogP contribution in [-0.4, -0.2) is 51.8 Å². The first-order chi connectivity index (χ1) is 16.5. The number of hydrogen-bond donors (Lipinski definition) is 2. The highest BCUT2D eigenvalue weighted by Crippen LogP contribution is 2.47. The van der Waals surface area contributed by atoms with Crippen molar-refractivity contribution in [1.29, 1.82) is 0 Å². The number of benzene rings is 2. The minimum atomic E-state index is -1.01. The maximum Gasteiger partial charge on any atom is 0.304 e. The number of carboxylic acid groups (broad SMARTS) is 1. The summed E-state index contributed by atoms with van der Waals surface area (Å²) in [4.78, 5) is 27.3. The molecule has 1 saturated heterocycles. The fourth-order valence-electron chi connectivity index (χ4n) is 4.81.